The summed E-state index contributed by atoms with van der Waals surface area (Å²) in [6.07, 6.45) is 0.177. The van der Waals surface area contributed by atoms with Gasteiger partial charge in [0.2, 0.25) is 11.8 Å². The fourth-order valence-electron chi connectivity index (χ4n) is 4.45. The molecular formula is C31H28BrCl2N3O4S. The van der Waals surface area contributed by atoms with E-state index in [0.29, 0.717) is 20.1 Å². The van der Waals surface area contributed by atoms with Gasteiger partial charge in [0.05, 0.1) is 10.6 Å². The van der Waals surface area contributed by atoms with Crippen molar-refractivity contribution in [3.8, 4) is 0 Å². The summed E-state index contributed by atoms with van der Waals surface area (Å²) in [7, 11) is -2.70. The molecule has 0 bridgehead atoms. The van der Waals surface area contributed by atoms with E-state index < -0.39 is 34.4 Å². The number of halogens is 3. The SMILES string of the molecule is CNC(=O)[C@H](Cc1ccccc1)N(Cc1c(Cl)cccc1Cl)C(=O)CN(c1cccc(Br)c1)S(=O)(=O)c1ccccc1. The monoisotopic (exact) mass is 687 g/mol. The van der Waals surface area contributed by atoms with E-state index in [9.17, 15) is 18.0 Å². The Labute approximate surface area is 264 Å². The molecule has 0 aliphatic carbocycles. The maximum absolute atomic E-state index is 14.3. The maximum atomic E-state index is 14.3. The third kappa shape index (κ3) is 7.52. The number of rotatable bonds is 11. The summed E-state index contributed by atoms with van der Waals surface area (Å²) in [6, 6.07) is 27.7. The Kier molecular flexibility index (Phi) is 10.7. The fraction of sp³-hybridized carbons (Fsp3) is 0.161. The molecule has 0 aliphatic rings. The van der Waals surface area contributed by atoms with Crippen LogP contribution in [0, 0.1) is 0 Å². The number of carbonyl (C=O) groups is 2. The third-order valence-electron chi connectivity index (χ3n) is 6.61. The average molecular weight is 689 g/mol. The van der Waals surface area contributed by atoms with Crippen molar-refractivity contribution in [1.82, 2.24) is 10.2 Å². The van der Waals surface area contributed by atoms with E-state index in [4.69, 9.17) is 23.2 Å². The van der Waals surface area contributed by atoms with Gasteiger partial charge in [-0.1, -0.05) is 99.8 Å². The van der Waals surface area contributed by atoms with Gasteiger partial charge in [-0.2, -0.15) is 0 Å². The number of amides is 2. The summed E-state index contributed by atoms with van der Waals surface area (Å²) in [4.78, 5) is 29.0. The predicted molar refractivity (Wildman–Crippen MR) is 170 cm³/mol. The van der Waals surface area contributed by atoms with Gasteiger partial charge >= 0.3 is 0 Å². The van der Waals surface area contributed by atoms with Crippen molar-refractivity contribution < 1.29 is 18.0 Å². The number of nitrogens with one attached hydrogen (secondary N) is 1. The van der Waals surface area contributed by atoms with E-state index in [1.54, 1.807) is 60.7 Å². The Hall–Kier alpha value is -3.37. The minimum atomic E-state index is -4.19. The summed E-state index contributed by atoms with van der Waals surface area (Å²) in [5.41, 5.74) is 1.53. The Morgan fingerprint density at radius 3 is 2.05 bits per heavy atom. The van der Waals surface area contributed by atoms with Gasteiger partial charge in [-0.15, -0.1) is 0 Å². The summed E-state index contributed by atoms with van der Waals surface area (Å²) >= 11 is 16.4. The zero-order valence-corrected chi connectivity index (χ0v) is 26.5. The minimum Gasteiger partial charge on any atom is -0.357 e. The molecule has 0 aliphatic heterocycles. The van der Waals surface area contributed by atoms with Crippen molar-refractivity contribution in [3.05, 3.63) is 129 Å². The Balaban J connectivity index is 1.82. The second-order valence-corrected chi connectivity index (χ2v) is 12.9. The molecule has 7 nitrogen and oxygen atoms in total. The molecule has 11 heteroatoms. The van der Waals surface area contributed by atoms with Gasteiger partial charge in [0, 0.05) is 40.1 Å². The highest BCUT2D eigenvalue weighted by Crippen LogP contribution is 2.29. The Bertz CT molecular complexity index is 1640. The summed E-state index contributed by atoms with van der Waals surface area (Å²) in [5.74, 6) is -1.04. The normalized spacial score (nSPS) is 11.9. The number of nitrogens with zero attached hydrogens (tertiary/aromatic N) is 2. The van der Waals surface area contributed by atoms with Crippen LogP contribution in [-0.2, 0) is 32.6 Å². The minimum absolute atomic E-state index is 0.0191. The van der Waals surface area contributed by atoms with E-state index in [0.717, 1.165) is 9.87 Å². The van der Waals surface area contributed by atoms with Gasteiger partial charge in [-0.05, 0) is 48.0 Å². The average Bonchev–Trinajstić information content (AvgIpc) is 2.99. The van der Waals surface area contributed by atoms with E-state index in [1.807, 2.05) is 30.3 Å². The van der Waals surface area contributed by atoms with Crippen LogP contribution < -0.4 is 9.62 Å². The molecule has 0 saturated carbocycles. The molecule has 0 fully saturated rings. The molecule has 0 radical (unpaired) electrons. The van der Waals surface area contributed by atoms with Crippen molar-refractivity contribution in [1.29, 1.82) is 0 Å². The van der Waals surface area contributed by atoms with Crippen LogP contribution in [0.15, 0.2) is 112 Å². The molecule has 0 unspecified atom stereocenters. The topological polar surface area (TPSA) is 86.8 Å². The van der Waals surface area contributed by atoms with Gasteiger partial charge in [-0.3, -0.25) is 13.9 Å². The van der Waals surface area contributed by atoms with Gasteiger partial charge in [-0.25, -0.2) is 8.42 Å². The van der Waals surface area contributed by atoms with Crippen LogP contribution in [0.5, 0.6) is 0 Å². The lowest BCUT2D eigenvalue weighted by atomic mass is 10.0. The number of anilines is 1. The first kappa shape index (κ1) is 31.6. The molecule has 0 aromatic heterocycles. The van der Waals surface area contributed by atoms with Gasteiger partial charge in [0.15, 0.2) is 0 Å². The van der Waals surface area contributed by atoms with Gasteiger partial charge < -0.3 is 10.2 Å². The van der Waals surface area contributed by atoms with Gasteiger partial charge in [0.25, 0.3) is 10.0 Å². The van der Waals surface area contributed by atoms with E-state index >= 15 is 0 Å². The molecule has 4 aromatic rings. The number of hydrogen-bond acceptors (Lipinski definition) is 4. The largest absolute Gasteiger partial charge is 0.357 e. The number of hydrogen-bond donors (Lipinski definition) is 1. The van der Waals surface area contributed by atoms with Crippen LogP contribution in [0.1, 0.15) is 11.1 Å². The second kappa shape index (κ2) is 14.2. The quantitative estimate of drug-likeness (QED) is 0.199. The van der Waals surface area contributed by atoms with Crippen LogP contribution in [0.25, 0.3) is 0 Å². The molecule has 218 valence electrons. The third-order valence-corrected chi connectivity index (χ3v) is 9.60. The molecule has 1 atom stereocenters. The predicted octanol–water partition coefficient (Wildman–Crippen LogP) is 6.34. The summed E-state index contributed by atoms with van der Waals surface area (Å²) in [6.45, 7) is -0.710. The van der Waals surface area contributed by atoms with E-state index in [1.165, 1.54) is 24.1 Å². The van der Waals surface area contributed by atoms with Crippen LogP contribution in [0.2, 0.25) is 10.0 Å². The zero-order chi connectivity index (χ0) is 30.3. The molecule has 42 heavy (non-hydrogen) atoms. The van der Waals surface area contributed by atoms with E-state index in [2.05, 4.69) is 21.2 Å². The molecule has 0 heterocycles. The number of likely N-dealkylation sites (N-methyl/N-ethyl adjacent to an activating group) is 1. The lowest BCUT2D eigenvalue weighted by molar-refractivity contribution is -0.139. The first-order chi connectivity index (χ1) is 20.1. The molecule has 0 saturated heterocycles. The van der Waals surface area contributed by atoms with Gasteiger partial charge in [0.1, 0.15) is 12.6 Å². The number of benzene rings is 4. The summed E-state index contributed by atoms with van der Waals surface area (Å²) in [5, 5.41) is 3.28. The standard InChI is InChI=1S/C31H28BrCl2N3O4S/c1-35-31(39)29(18-22-10-4-2-5-11-22)36(20-26-27(33)16-9-17-28(26)34)30(38)21-37(24-13-8-12-23(32)19-24)42(40,41)25-14-6-3-7-15-25/h2-17,19,29H,18,20-21H2,1H3,(H,35,39)/t29-/m0/s1. The molecule has 4 rings (SSSR count). The second-order valence-electron chi connectivity index (χ2n) is 9.35. The van der Waals surface area contributed by atoms with E-state index in [-0.39, 0.29) is 23.5 Å². The first-order valence-corrected chi connectivity index (χ1v) is 15.9. The van der Waals surface area contributed by atoms with Crippen LogP contribution in [0.4, 0.5) is 5.69 Å². The molecule has 4 aromatic carbocycles. The van der Waals surface area contributed by atoms with Crippen LogP contribution >= 0.6 is 39.1 Å². The highest BCUT2D eigenvalue weighted by Gasteiger charge is 2.35. The Morgan fingerprint density at radius 1 is 0.857 bits per heavy atom. The first-order valence-electron chi connectivity index (χ1n) is 12.9. The van der Waals surface area contributed by atoms with Crippen LogP contribution in [-0.4, -0.2) is 44.8 Å². The smallest absolute Gasteiger partial charge is 0.264 e. The number of sulfonamides is 1. The van der Waals surface area contributed by atoms with Crippen molar-refractivity contribution in [2.24, 2.45) is 0 Å². The molecule has 2 amide bonds. The highest BCUT2D eigenvalue weighted by atomic mass is 79.9. The molecule has 0 spiro atoms. The number of carbonyl (C=O) groups excluding carboxylic acids is 2. The highest BCUT2D eigenvalue weighted by molar-refractivity contribution is 9.10. The van der Waals surface area contributed by atoms with Crippen molar-refractivity contribution in [2.75, 3.05) is 17.9 Å². The van der Waals surface area contributed by atoms with Crippen molar-refractivity contribution in [2.45, 2.75) is 23.9 Å². The fourth-order valence-corrected chi connectivity index (χ4v) is 6.79. The Morgan fingerprint density at radius 2 is 1.45 bits per heavy atom. The molecular weight excluding hydrogens is 661 g/mol. The zero-order valence-electron chi connectivity index (χ0n) is 22.6. The summed E-state index contributed by atoms with van der Waals surface area (Å²) < 4.78 is 29.5. The van der Waals surface area contributed by atoms with Crippen molar-refractivity contribution in [3.63, 3.8) is 0 Å². The van der Waals surface area contributed by atoms with Crippen LogP contribution in [0.3, 0.4) is 0 Å². The lowest BCUT2D eigenvalue weighted by Gasteiger charge is -2.34. The maximum Gasteiger partial charge on any atom is 0.264 e. The molecule has 1 N–H and O–H groups in total. The van der Waals surface area contributed by atoms with Crippen molar-refractivity contribution >= 4 is 66.7 Å². The lowest BCUT2D eigenvalue weighted by Crippen LogP contribution is -2.53.